The van der Waals surface area contributed by atoms with Crippen molar-refractivity contribution in [1.82, 2.24) is 5.32 Å². The SMILES string of the molecule is CC(C)C[C@H](NC(=O)OC(C)(C)C)[C@H](O)C[C@H](C(=O)[O-])C(C)C.[K+]. The van der Waals surface area contributed by atoms with Crippen molar-refractivity contribution in [3.63, 3.8) is 0 Å². The van der Waals surface area contributed by atoms with Crippen molar-refractivity contribution in [2.45, 2.75) is 79.1 Å². The number of carbonyl (C=O) groups is 2. The molecule has 0 aromatic rings. The van der Waals surface area contributed by atoms with Crippen LogP contribution in [0.5, 0.6) is 0 Å². The van der Waals surface area contributed by atoms with Gasteiger partial charge in [0, 0.05) is 11.9 Å². The molecule has 0 saturated carbocycles. The summed E-state index contributed by atoms with van der Waals surface area (Å²) in [6.45, 7) is 12.7. The number of aliphatic hydroxyl groups excluding tert-OH is 1. The van der Waals surface area contributed by atoms with E-state index in [2.05, 4.69) is 5.32 Å². The van der Waals surface area contributed by atoms with Crippen molar-refractivity contribution < 1.29 is 75.9 Å². The number of alkyl carbamates (subject to hydrolysis) is 1. The second-order valence-corrected chi connectivity index (χ2v) is 7.85. The molecule has 0 aromatic carbocycles. The van der Waals surface area contributed by atoms with Crippen LogP contribution in [0.15, 0.2) is 0 Å². The molecular weight excluding hydrogens is 337 g/mol. The first-order chi connectivity index (χ1) is 10.3. The van der Waals surface area contributed by atoms with Crippen LogP contribution in [0.3, 0.4) is 0 Å². The van der Waals surface area contributed by atoms with Crippen LogP contribution in [-0.2, 0) is 9.53 Å². The normalized spacial score (nSPS) is 15.4. The Labute approximate surface area is 188 Å². The molecule has 0 aliphatic carbocycles. The Morgan fingerprint density at radius 2 is 1.62 bits per heavy atom. The van der Waals surface area contributed by atoms with E-state index in [0.29, 0.717) is 6.42 Å². The fourth-order valence-corrected chi connectivity index (χ4v) is 2.34. The molecule has 0 heterocycles. The number of ether oxygens (including phenoxy) is 1. The Hall–Kier alpha value is 0.336. The maximum Gasteiger partial charge on any atom is 1.00 e. The molecule has 136 valence electrons. The molecule has 0 aromatic heterocycles. The number of carboxylic acids is 1. The van der Waals surface area contributed by atoms with Crippen LogP contribution in [0.4, 0.5) is 4.79 Å². The number of amides is 1. The Bertz CT molecular complexity index is 393. The molecule has 0 radical (unpaired) electrons. The predicted octanol–water partition coefficient (Wildman–Crippen LogP) is -1.30. The first-order valence-corrected chi connectivity index (χ1v) is 8.22. The summed E-state index contributed by atoms with van der Waals surface area (Å²) < 4.78 is 5.21. The van der Waals surface area contributed by atoms with Crippen LogP contribution in [0.1, 0.15) is 61.3 Å². The van der Waals surface area contributed by atoms with E-state index in [9.17, 15) is 19.8 Å². The number of aliphatic carboxylic acids is 1. The van der Waals surface area contributed by atoms with Gasteiger partial charge >= 0.3 is 57.5 Å². The average molecular weight is 370 g/mol. The maximum absolute atomic E-state index is 11.9. The topological polar surface area (TPSA) is 98.7 Å². The van der Waals surface area contributed by atoms with Crippen LogP contribution in [0.2, 0.25) is 0 Å². The average Bonchev–Trinajstić information content (AvgIpc) is 2.30. The number of rotatable bonds is 8. The Kier molecular flexibility index (Phi) is 13.1. The zero-order valence-corrected chi connectivity index (χ0v) is 19.5. The molecule has 1 amide bonds. The molecule has 0 saturated heterocycles. The van der Waals surface area contributed by atoms with E-state index in [1.54, 1.807) is 34.6 Å². The third-order valence-electron chi connectivity index (χ3n) is 3.49. The molecule has 0 spiro atoms. The van der Waals surface area contributed by atoms with E-state index >= 15 is 0 Å². The standard InChI is InChI=1S/C17H33NO5.K/c1-10(2)8-13(18-16(22)23-17(5,6)7)14(19)9-12(11(3)4)15(20)21;/h10-14,19H,8-9H2,1-7H3,(H,18,22)(H,20,21);/q;+1/p-1/t12-,13-,14+;/m0./s1. The molecule has 24 heavy (non-hydrogen) atoms. The summed E-state index contributed by atoms with van der Waals surface area (Å²) in [6.07, 6.45) is -1.03. The molecule has 6 nitrogen and oxygen atoms in total. The summed E-state index contributed by atoms with van der Waals surface area (Å²) in [5.74, 6) is -1.87. The van der Waals surface area contributed by atoms with Crippen molar-refractivity contribution in [2.24, 2.45) is 17.8 Å². The van der Waals surface area contributed by atoms with Crippen molar-refractivity contribution in [3.8, 4) is 0 Å². The summed E-state index contributed by atoms with van der Waals surface area (Å²) >= 11 is 0. The molecule has 7 heteroatoms. The molecule has 2 N–H and O–H groups in total. The number of nitrogens with one attached hydrogen (secondary N) is 1. The van der Waals surface area contributed by atoms with Gasteiger partial charge in [-0.25, -0.2) is 4.79 Å². The van der Waals surface area contributed by atoms with Crippen molar-refractivity contribution in [1.29, 1.82) is 0 Å². The van der Waals surface area contributed by atoms with Gasteiger partial charge in [0.1, 0.15) is 5.60 Å². The molecule has 0 fully saturated rings. The Morgan fingerprint density at radius 3 is 1.96 bits per heavy atom. The summed E-state index contributed by atoms with van der Waals surface area (Å²) in [5, 5.41) is 24.3. The monoisotopic (exact) mass is 369 g/mol. The van der Waals surface area contributed by atoms with E-state index in [0.717, 1.165) is 0 Å². The fraction of sp³-hybridized carbons (Fsp3) is 0.882. The van der Waals surface area contributed by atoms with Gasteiger partial charge in [-0.2, -0.15) is 0 Å². The fourth-order valence-electron chi connectivity index (χ4n) is 2.34. The van der Waals surface area contributed by atoms with Gasteiger partial charge in [0.25, 0.3) is 0 Å². The molecule has 3 atom stereocenters. The second kappa shape index (κ2) is 11.9. The quantitative estimate of drug-likeness (QED) is 0.518. The van der Waals surface area contributed by atoms with E-state index in [1.807, 2.05) is 13.8 Å². The second-order valence-electron chi connectivity index (χ2n) is 7.85. The van der Waals surface area contributed by atoms with Gasteiger partial charge in [0.05, 0.1) is 12.1 Å². The smallest absolute Gasteiger partial charge is 0.550 e. The Balaban J connectivity index is 0. The number of carboxylic acid groups (broad SMARTS) is 1. The minimum absolute atomic E-state index is 0. The van der Waals surface area contributed by atoms with Crippen molar-refractivity contribution in [2.75, 3.05) is 0 Å². The van der Waals surface area contributed by atoms with Gasteiger partial charge in [-0.05, 0) is 45.4 Å². The number of carbonyl (C=O) groups excluding carboxylic acids is 2. The van der Waals surface area contributed by atoms with E-state index in [1.165, 1.54) is 0 Å². The first kappa shape index (κ1) is 26.6. The largest absolute Gasteiger partial charge is 1.00 e. The van der Waals surface area contributed by atoms with Crippen LogP contribution in [-0.4, -0.2) is 34.9 Å². The third kappa shape index (κ3) is 11.8. The van der Waals surface area contributed by atoms with Gasteiger partial charge < -0.3 is 25.1 Å². The Morgan fingerprint density at radius 1 is 1.12 bits per heavy atom. The number of hydrogen-bond donors (Lipinski definition) is 2. The van der Waals surface area contributed by atoms with Crippen LogP contribution in [0.25, 0.3) is 0 Å². The number of aliphatic hydroxyl groups is 1. The molecule has 0 aliphatic rings. The van der Waals surface area contributed by atoms with Gasteiger partial charge in [-0.15, -0.1) is 0 Å². The van der Waals surface area contributed by atoms with Gasteiger partial charge in [0.2, 0.25) is 0 Å². The molecule has 0 bridgehead atoms. The summed E-state index contributed by atoms with van der Waals surface area (Å²) in [4.78, 5) is 23.1. The van der Waals surface area contributed by atoms with Gasteiger partial charge in [-0.1, -0.05) is 27.7 Å². The predicted molar refractivity (Wildman–Crippen MR) is 86.6 cm³/mol. The molecular formula is C17H32KNO5. The van der Waals surface area contributed by atoms with E-state index in [4.69, 9.17) is 4.74 Å². The van der Waals surface area contributed by atoms with Crippen LogP contribution >= 0.6 is 0 Å². The summed E-state index contributed by atoms with van der Waals surface area (Å²) in [5.41, 5.74) is -0.636. The molecule has 0 rings (SSSR count). The molecule has 0 unspecified atom stereocenters. The molecule has 0 aliphatic heterocycles. The summed E-state index contributed by atoms with van der Waals surface area (Å²) in [6, 6.07) is -0.564. The number of hydrogen-bond acceptors (Lipinski definition) is 5. The van der Waals surface area contributed by atoms with E-state index in [-0.39, 0.29) is 69.6 Å². The summed E-state index contributed by atoms with van der Waals surface area (Å²) in [7, 11) is 0. The van der Waals surface area contributed by atoms with Crippen LogP contribution < -0.4 is 61.8 Å². The van der Waals surface area contributed by atoms with Gasteiger partial charge in [-0.3, -0.25) is 0 Å². The van der Waals surface area contributed by atoms with Gasteiger partial charge in [0.15, 0.2) is 0 Å². The first-order valence-electron chi connectivity index (χ1n) is 8.22. The third-order valence-corrected chi connectivity index (χ3v) is 3.49. The zero-order valence-electron chi connectivity index (χ0n) is 16.4. The van der Waals surface area contributed by atoms with Crippen molar-refractivity contribution >= 4 is 12.1 Å². The minimum Gasteiger partial charge on any atom is -0.550 e. The van der Waals surface area contributed by atoms with E-state index < -0.39 is 35.7 Å². The van der Waals surface area contributed by atoms with Crippen LogP contribution in [0, 0.1) is 17.8 Å². The maximum atomic E-state index is 11.9. The van der Waals surface area contributed by atoms with Crippen molar-refractivity contribution in [3.05, 3.63) is 0 Å². The minimum atomic E-state index is -1.18. The zero-order chi connectivity index (χ0) is 18.4.